The minimum atomic E-state index is 0. The molecule has 0 fully saturated rings. The van der Waals surface area contributed by atoms with E-state index < -0.39 is 0 Å². The van der Waals surface area contributed by atoms with Gasteiger partial charge in [-0.15, -0.1) is 15.1 Å². The van der Waals surface area contributed by atoms with Crippen LogP contribution in [-0.2, 0) is 0 Å². The zero-order valence-electron chi connectivity index (χ0n) is 4.85. The molecule has 8 nitrogen and oxygen atoms in total. The summed E-state index contributed by atoms with van der Waals surface area (Å²) in [6, 6.07) is 0. The molecule has 0 radical (unpaired) electrons. The van der Waals surface area contributed by atoms with Crippen LogP contribution in [0.15, 0.2) is 5.29 Å². The molecule has 0 atom stereocenters. The van der Waals surface area contributed by atoms with Crippen molar-refractivity contribution in [2.45, 2.75) is 0 Å². The van der Waals surface area contributed by atoms with E-state index in [2.05, 4.69) is 15.5 Å². The molecule has 56 valence electrons. The molecule has 1 rings (SSSR count). The third-order valence-corrected chi connectivity index (χ3v) is 0.868. The second-order valence-electron chi connectivity index (χ2n) is 1.45. The van der Waals surface area contributed by atoms with Gasteiger partial charge in [0.2, 0.25) is 5.95 Å². The molecule has 1 heterocycles. The number of hydrogen-bond donors (Lipinski definition) is 3. The first-order valence-corrected chi connectivity index (χ1v) is 2.30. The Morgan fingerprint density at radius 2 is 2.18 bits per heavy atom. The van der Waals surface area contributed by atoms with Crippen molar-refractivity contribution in [3.05, 3.63) is 4.91 Å². The molecule has 5 N–H and O–H groups in total. The molecule has 1 aromatic rings. The van der Waals surface area contributed by atoms with Gasteiger partial charge >= 0.3 is 51.4 Å². The number of anilines is 2. The zero-order valence-corrected chi connectivity index (χ0v) is 4.85. The van der Waals surface area contributed by atoms with Crippen LogP contribution in [0.5, 0.6) is 0 Å². The molecule has 1 aromatic heterocycles. The Labute approximate surface area is 104 Å². The topological polar surface area (TPSA) is 124 Å². The molecule has 0 spiro atoms. The molecule has 0 aliphatic carbocycles. The van der Waals surface area contributed by atoms with Crippen molar-refractivity contribution in [2.24, 2.45) is 5.29 Å². The first-order chi connectivity index (χ1) is 4.75. The van der Waals surface area contributed by atoms with Gasteiger partial charge in [-0.3, -0.25) is 0 Å². The van der Waals surface area contributed by atoms with Gasteiger partial charge in [-0.05, 0) is 0 Å². The van der Waals surface area contributed by atoms with Gasteiger partial charge in [0.15, 0.2) is 0 Å². The van der Waals surface area contributed by atoms with Crippen LogP contribution >= 0.6 is 0 Å². The van der Waals surface area contributed by atoms with Gasteiger partial charge < -0.3 is 11.6 Å². The predicted molar refractivity (Wildman–Crippen MR) is 41.2 cm³/mol. The first kappa shape index (κ1) is 10.8. The Morgan fingerprint density at radius 1 is 1.55 bits per heavy atom. The molecule has 0 unspecified atom stereocenters. The van der Waals surface area contributed by atoms with E-state index >= 15 is 0 Å². The van der Waals surface area contributed by atoms with Gasteiger partial charge in [-0.2, -0.15) is 4.68 Å². The average Bonchev–Trinajstić information content (AvgIpc) is 2.20. The van der Waals surface area contributed by atoms with E-state index in [9.17, 15) is 4.91 Å². The molecular weight excluding hydrogens is 177 g/mol. The van der Waals surface area contributed by atoms with Crippen LogP contribution < -0.4 is 17.0 Å². The number of nitrogen functional groups attached to an aromatic ring is 2. The fourth-order valence-electron chi connectivity index (χ4n) is 0.421. The van der Waals surface area contributed by atoms with Crippen molar-refractivity contribution < 1.29 is 0 Å². The van der Waals surface area contributed by atoms with Gasteiger partial charge in [0, 0.05) is 0 Å². The third kappa shape index (κ3) is 2.38. The Morgan fingerprint density at radius 3 is 2.55 bits per heavy atom. The Kier molecular flexibility index (Phi) is 4.52. The summed E-state index contributed by atoms with van der Waals surface area (Å²) in [5.41, 5.74) is 7.10. The fourth-order valence-corrected chi connectivity index (χ4v) is 0.421. The van der Waals surface area contributed by atoms with Crippen LogP contribution in [0.2, 0.25) is 0 Å². The number of nitroso groups, excluding NO2 is 1. The van der Waals surface area contributed by atoms with E-state index in [4.69, 9.17) is 11.6 Å². The molecule has 9 heteroatoms. The molecule has 0 saturated heterocycles. The van der Waals surface area contributed by atoms with Crippen molar-refractivity contribution in [2.75, 3.05) is 17.0 Å². The molecule has 0 aromatic carbocycles. The van der Waals surface area contributed by atoms with Crippen molar-refractivity contribution in [1.82, 2.24) is 14.9 Å². The summed E-state index contributed by atoms with van der Waals surface area (Å²) in [6.07, 6.45) is 0. The molecule has 0 bridgehead atoms. The van der Waals surface area contributed by atoms with Crippen LogP contribution in [0.1, 0.15) is 0 Å². The number of nitrogens with one attached hydrogen (secondary N) is 1. The van der Waals surface area contributed by atoms with Crippen LogP contribution in [0.4, 0.5) is 11.9 Å². The normalized spacial score (nSPS) is 8.36. The number of nitrogens with zero attached hydrogens (tertiary/aromatic N) is 4. The van der Waals surface area contributed by atoms with Gasteiger partial charge in [0.05, 0.1) is 5.29 Å². The van der Waals surface area contributed by atoms with E-state index in [0.717, 1.165) is 4.68 Å². The maximum absolute atomic E-state index is 9.60. The van der Waals surface area contributed by atoms with Crippen LogP contribution in [-0.4, -0.2) is 66.3 Å². The molecule has 0 amide bonds. The number of nitrogens with two attached hydrogens (primary N) is 2. The van der Waals surface area contributed by atoms with Crippen molar-refractivity contribution in [1.29, 1.82) is 0 Å². The van der Waals surface area contributed by atoms with Crippen molar-refractivity contribution >= 4 is 63.3 Å². The molecule has 0 saturated carbocycles. The van der Waals surface area contributed by atoms with E-state index in [1.54, 1.807) is 0 Å². The number of aromatic nitrogens is 3. The average molecular weight is 183 g/mol. The van der Waals surface area contributed by atoms with Gasteiger partial charge in [-0.25, -0.2) is 5.43 Å². The molecular formula is C2H6KN7O. The maximum atomic E-state index is 9.60. The predicted octanol–water partition coefficient (Wildman–Crippen LogP) is -1.98. The van der Waals surface area contributed by atoms with Gasteiger partial charge in [-0.1, -0.05) is 0 Å². The quantitative estimate of drug-likeness (QED) is 0.211. The summed E-state index contributed by atoms with van der Waals surface area (Å²) in [6.45, 7) is 0. The van der Waals surface area contributed by atoms with E-state index in [1.165, 1.54) is 0 Å². The van der Waals surface area contributed by atoms with Crippen LogP contribution in [0.25, 0.3) is 0 Å². The molecule has 11 heavy (non-hydrogen) atoms. The Hall–Kier alpha value is -0.224. The van der Waals surface area contributed by atoms with Gasteiger partial charge in [0.1, 0.15) is 0 Å². The third-order valence-electron chi connectivity index (χ3n) is 0.868. The first-order valence-electron chi connectivity index (χ1n) is 2.30. The minimum absolute atomic E-state index is 0. The number of hydrogen-bond acceptors (Lipinski definition) is 6. The summed E-state index contributed by atoms with van der Waals surface area (Å²) < 4.78 is 0.904. The van der Waals surface area contributed by atoms with Crippen molar-refractivity contribution in [3.63, 3.8) is 0 Å². The standard InChI is InChI=1S/C2H5N7O.K.H/c3-1-5-6-2(7-8-10)9(1)4;;/h4H2,(H2,3,5)(H,6,7,10);;. The van der Waals surface area contributed by atoms with E-state index in [0.29, 0.717) is 0 Å². The zero-order chi connectivity index (χ0) is 7.56. The van der Waals surface area contributed by atoms with Crippen LogP contribution in [0, 0.1) is 4.91 Å². The Bertz CT molecular complexity index is 245. The van der Waals surface area contributed by atoms with E-state index in [1.807, 2.05) is 5.43 Å². The Balaban J connectivity index is 0.000001000. The monoisotopic (exact) mass is 183 g/mol. The van der Waals surface area contributed by atoms with Crippen LogP contribution in [0.3, 0.4) is 0 Å². The van der Waals surface area contributed by atoms with Gasteiger partial charge in [0.25, 0.3) is 5.95 Å². The summed E-state index contributed by atoms with van der Waals surface area (Å²) in [7, 11) is 0. The fraction of sp³-hybridized carbons (Fsp3) is 0. The second kappa shape index (κ2) is 4.61. The number of rotatable bonds is 2. The second-order valence-corrected chi connectivity index (χ2v) is 1.45. The SMILES string of the molecule is Nc1nnc(NN=O)n1N.[KH]. The van der Waals surface area contributed by atoms with Crippen molar-refractivity contribution in [3.8, 4) is 0 Å². The summed E-state index contributed by atoms with van der Waals surface area (Å²) in [5.74, 6) is 5.21. The summed E-state index contributed by atoms with van der Waals surface area (Å²) in [5, 5.41) is 9.02. The molecule has 0 aliphatic heterocycles. The summed E-state index contributed by atoms with van der Waals surface area (Å²) >= 11 is 0. The van der Waals surface area contributed by atoms with E-state index in [-0.39, 0.29) is 63.3 Å². The molecule has 0 aliphatic rings. The summed E-state index contributed by atoms with van der Waals surface area (Å²) in [4.78, 5) is 9.60.